The van der Waals surface area contributed by atoms with Crippen LogP contribution in [0.5, 0.6) is 0 Å². The van der Waals surface area contributed by atoms with Gasteiger partial charge in [0.2, 0.25) is 0 Å². The van der Waals surface area contributed by atoms with E-state index in [0.717, 1.165) is 61.1 Å². The van der Waals surface area contributed by atoms with E-state index in [1.54, 1.807) is 23.9 Å². The van der Waals surface area contributed by atoms with Crippen LogP contribution in [0.3, 0.4) is 0 Å². The summed E-state index contributed by atoms with van der Waals surface area (Å²) >= 11 is 1.72. The molecule has 0 heterocycles. The van der Waals surface area contributed by atoms with Gasteiger partial charge in [-0.1, -0.05) is 19.4 Å². The average Bonchev–Trinajstić information content (AvgIpc) is 2.69. The lowest BCUT2D eigenvalue weighted by Crippen LogP contribution is -2.19. The summed E-state index contributed by atoms with van der Waals surface area (Å²) in [5.41, 5.74) is 1.38. The standard InChI is InChI=1S/C22H24F3NO2S/c1-2-3-13-4-5-14(10-20(13)29-17-8-6-16(27)7-9-17)22(28)26-15-11-18(23)21(25)19(24)12-15/h4-5,10-12,16-17,27H,2-3,6-9H2,1H3,(H,26,28). The maximum atomic E-state index is 13.4. The molecule has 7 heteroatoms. The first-order valence-electron chi connectivity index (χ1n) is 9.81. The van der Waals surface area contributed by atoms with Gasteiger partial charge >= 0.3 is 0 Å². The number of thioether (sulfide) groups is 1. The molecule has 1 saturated carbocycles. The molecule has 2 aromatic carbocycles. The summed E-state index contributed by atoms with van der Waals surface area (Å²) in [4.78, 5) is 13.6. The maximum Gasteiger partial charge on any atom is 0.255 e. The van der Waals surface area contributed by atoms with Crippen LogP contribution >= 0.6 is 11.8 Å². The van der Waals surface area contributed by atoms with E-state index in [9.17, 15) is 23.1 Å². The number of anilines is 1. The number of aliphatic hydroxyl groups is 1. The maximum absolute atomic E-state index is 13.4. The molecule has 0 unspecified atom stereocenters. The topological polar surface area (TPSA) is 49.3 Å². The average molecular weight is 424 g/mol. The fourth-order valence-electron chi connectivity index (χ4n) is 3.45. The second-order valence-electron chi connectivity index (χ2n) is 7.33. The van der Waals surface area contributed by atoms with Gasteiger partial charge < -0.3 is 10.4 Å². The summed E-state index contributed by atoms with van der Waals surface area (Å²) in [5.74, 6) is -4.79. The first kappa shape index (κ1) is 21.7. The van der Waals surface area contributed by atoms with Gasteiger partial charge in [0.05, 0.1) is 6.10 Å². The van der Waals surface area contributed by atoms with Crippen molar-refractivity contribution in [1.82, 2.24) is 0 Å². The van der Waals surface area contributed by atoms with Crippen LogP contribution in [-0.4, -0.2) is 22.4 Å². The van der Waals surface area contributed by atoms with Crippen LogP contribution in [0.2, 0.25) is 0 Å². The van der Waals surface area contributed by atoms with Crippen LogP contribution in [0.25, 0.3) is 0 Å². The Morgan fingerprint density at radius 3 is 2.38 bits per heavy atom. The number of hydrogen-bond acceptors (Lipinski definition) is 3. The third-order valence-electron chi connectivity index (χ3n) is 5.03. The molecule has 0 aliphatic heterocycles. The number of rotatable bonds is 6. The van der Waals surface area contributed by atoms with Gasteiger partial charge in [-0.15, -0.1) is 11.8 Å². The first-order valence-corrected chi connectivity index (χ1v) is 10.7. The largest absolute Gasteiger partial charge is 0.393 e. The SMILES string of the molecule is CCCc1ccc(C(=O)Nc2cc(F)c(F)c(F)c2)cc1SC1CCC(O)CC1. The lowest BCUT2D eigenvalue weighted by molar-refractivity contribution is 0.102. The van der Waals surface area contributed by atoms with Crippen LogP contribution in [0, 0.1) is 17.5 Å². The molecule has 1 amide bonds. The number of carbonyl (C=O) groups is 1. The molecule has 0 atom stereocenters. The summed E-state index contributed by atoms with van der Waals surface area (Å²) < 4.78 is 39.9. The Balaban J connectivity index is 1.79. The number of hydrogen-bond donors (Lipinski definition) is 2. The second kappa shape index (κ2) is 9.67. The zero-order valence-electron chi connectivity index (χ0n) is 16.2. The van der Waals surface area contributed by atoms with Gasteiger partial charge in [0.15, 0.2) is 17.5 Å². The Morgan fingerprint density at radius 2 is 1.76 bits per heavy atom. The molecular weight excluding hydrogens is 399 g/mol. The number of aryl methyl sites for hydroxylation is 1. The normalized spacial score (nSPS) is 19.2. The fraction of sp³-hybridized carbons (Fsp3) is 0.409. The zero-order chi connectivity index (χ0) is 21.0. The minimum atomic E-state index is -1.57. The van der Waals surface area contributed by atoms with E-state index in [1.165, 1.54) is 0 Å². The van der Waals surface area contributed by atoms with Gasteiger partial charge in [-0.05, 0) is 49.8 Å². The molecule has 1 fully saturated rings. The highest BCUT2D eigenvalue weighted by Gasteiger charge is 2.22. The van der Waals surface area contributed by atoms with Crippen LogP contribution in [-0.2, 0) is 6.42 Å². The van der Waals surface area contributed by atoms with Gasteiger partial charge in [0.25, 0.3) is 5.91 Å². The number of benzene rings is 2. The van der Waals surface area contributed by atoms with E-state index < -0.39 is 23.4 Å². The third-order valence-corrected chi connectivity index (χ3v) is 6.47. The predicted molar refractivity (Wildman–Crippen MR) is 109 cm³/mol. The van der Waals surface area contributed by atoms with E-state index in [0.29, 0.717) is 10.8 Å². The number of aliphatic hydroxyl groups excluding tert-OH is 1. The van der Waals surface area contributed by atoms with Crippen LogP contribution in [0.1, 0.15) is 54.9 Å². The molecule has 2 aromatic rings. The van der Waals surface area contributed by atoms with Crippen molar-refractivity contribution in [3.05, 3.63) is 58.9 Å². The highest BCUT2D eigenvalue weighted by molar-refractivity contribution is 8.00. The molecule has 0 radical (unpaired) electrons. The van der Waals surface area contributed by atoms with Crippen molar-refractivity contribution < 1.29 is 23.1 Å². The van der Waals surface area contributed by atoms with Crippen molar-refractivity contribution in [2.24, 2.45) is 0 Å². The highest BCUT2D eigenvalue weighted by Crippen LogP contribution is 2.36. The monoisotopic (exact) mass is 423 g/mol. The van der Waals surface area contributed by atoms with Crippen LogP contribution in [0.15, 0.2) is 35.2 Å². The van der Waals surface area contributed by atoms with Gasteiger partial charge in [0.1, 0.15) is 0 Å². The summed E-state index contributed by atoms with van der Waals surface area (Å²) in [6.45, 7) is 2.09. The van der Waals surface area contributed by atoms with E-state index in [2.05, 4.69) is 12.2 Å². The van der Waals surface area contributed by atoms with Crippen molar-refractivity contribution >= 4 is 23.4 Å². The van der Waals surface area contributed by atoms with Crippen LogP contribution in [0.4, 0.5) is 18.9 Å². The van der Waals surface area contributed by atoms with Gasteiger partial charge in [-0.25, -0.2) is 13.2 Å². The zero-order valence-corrected chi connectivity index (χ0v) is 17.0. The summed E-state index contributed by atoms with van der Waals surface area (Å²) in [5, 5.41) is 12.5. The van der Waals surface area contributed by atoms with Gasteiger partial charge in [-0.3, -0.25) is 4.79 Å². The molecule has 3 nitrogen and oxygen atoms in total. The molecule has 0 spiro atoms. The number of halogens is 3. The lowest BCUT2D eigenvalue weighted by Gasteiger charge is -2.25. The first-order chi connectivity index (χ1) is 13.9. The quantitative estimate of drug-likeness (QED) is 0.586. The van der Waals surface area contributed by atoms with Crippen molar-refractivity contribution in [2.75, 3.05) is 5.32 Å². The Kier molecular flexibility index (Phi) is 7.24. The summed E-state index contributed by atoms with van der Waals surface area (Å²) in [6.07, 6.45) is 5.02. The second-order valence-corrected chi connectivity index (χ2v) is 8.67. The predicted octanol–water partition coefficient (Wildman–Crippen LogP) is 5.70. The molecular formula is C22H24F3NO2S. The van der Waals surface area contributed by atoms with Crippen molar-refractivity contribution in [3.63, 3.8) is 0 Å². The smallest absolute Gasteiger partial charge is 0.255 e. The van der Waals surface area contributed by atoms with Crippen molar-refractivity contribution in [2.45, 2.75) is 61.7 Å². The van der Waals surface area contributed by atoms with Gasteiger partial charge in [0, 0.05) is 33.5 Å². The van der Waals surface area contributed by atoms with E-state index >= 15 is 0 Å². The molecule has 1 aliphatic rings. The van der Waals surface area contributed by atoms with Gasteiger partial charge in [-0.2, -0.15) is 0 Å². The summed E-state index contributed by atoms with van der Waals surface area (Å²) in [6, 6.07) is 6.90. The number of carbonyl (C=O) groups excluding carboxylic acids is 1. The van der Waals surface area contributed by atoms with E-state index in [4.69, 9.17) is 0 Å². The third kappa shape index (κ3) is 5.54. The highest BCUT2D eigenvalue weighted by atomic mass is 32.2. The molecule has 2 N–H and O–H groups in total. The Bertz CT molecular complexity index is 859. The van der Waals surface area contributed by atoms with E-state index in [1.807, 2.05) is 6.07 Å². The Morgan fingerprint density at radius 1 is 1.10 bits per heavy atom. The minimum Gasteiger partial charge on any atom is -0.393 e. The molecule has 1 aliphatic carbocycles. The molecule has 0 bridgehead atoms. The molecule has 0 saturated heterocycles. The number of amides is 1. The Labute approximate surface area is 172 Å². The molecule has 0 aromatic heterocycles. The van der Waals surface area contributed by atoms with E-state index in [-0.39, 0.29) is 11.8 Å². The van der Waals surface area contributed by atoms with Crippen molar-refractivity contribution in [1.29, 1.82) is 0 Å². The van der Waals surface area contributed by atoms with Crippen molar-refractivity contribution in [3.8, 4) is 0 Å². The minimum absolute atomic E-state index is 0.139. The molecule has 156 valence electrons. The molecule has 3 rings (SSSR count). The Hall–Kier alpha value is -1.99. The number of nitrogens with one attached hydrogen (secondary N) is 1. The summed E-state index contributed by atoms with van der Waals surface area (Å²) in [7, 11) is 0. The lowest BCUT2D eigenvalue weighted by atomic mass is 9.97. The molecule has 29 heavy (non-hydrogen) atoms. The fourth-order valence-corrected chi connectivity index (χ4v) is 4.84. The van der Waals surface area contributed by atoms with Crippen LogP contribution < -0.4 is 5.32 Å².